The summed E-state index contributed by atoms with van der Waals surface area (Å²) in [4.78, 5) is 8.45. The summed E-state index contributed by atoms with van der Waals surface area (Å²) < 4.78 is 2.77. The van der Waals surface area contributed by atoms with Gasteiger partial charge in [-0.05, 0) is 35.0 Å². The van der Waals surface area contributed by atoms with Gasteiger partial charge < -0.3 is 0 Å². The second kappa shape index (κ2) is 3.30. The van der Waals surface area contributed by atoms with Crippen LogP contribution in [0.5, 0.6) is 0 Å². The second-order valence-electron chi connectivity index (χ2n) is 2.66. The van der Waals surface area contributed by atoms with Crippen LogP contribution in [0.1, 0.15) is 5.82 Å². The highest BCUT2D eigenvalue weighted by molar-refractivity contribution is 9.10. The Morgan fingerprint density at radius 1 is 1.38 bits per heavy atom. The average molecular weight is 238 g/mol. The van der Waals surface area contributed by atoms with Gasteiger partial charge in [-0.2, -0.15) is 0 Å². The van der Waals surface area contributed by atoms with E-state index in [1.807, 2.05) is 35.9 Å². The van der Waals surface area contributed by atoms with Gasteiger partial charge in [-0.15, -0.1) is 0 Å². The first-order valence-corrected chi connectivity index (χ1v) is 4.69. The molecule has 2 aromatic heterocycles. The van der Waals surface area contributed by atoms with Gasteiger partial charge in [-0.3, -0.25) is 4.57 Å². The molecule has 66 valence electrons. The Morgan fingerprint density at radius 2 is 2.23 bits per heavy atom. The van der Waals surface area contributed by atoms with Crippen molar-refractivity contribution in [2.45, 2.75) is 6.92 Å². The lowest BCUT2D eigenvalue weighted by atomic mass is 10.4. The van der Waals surface area contributed by atoms with E-state index in [0.717, 1.165) is 16.2 Å². The summed E-state index contributed by atoms with van der Waals surface area (Å²) in [5.41, 5.74) is 0. The molecule has 0 aliphatic rings. The maximum atomic E-state index is 4.32. The van der Waals surface area contributed by atoms with E-state index in [1.54, 1.807) is 6.20 Å². The van der Waals surface area contributed by atoms with Crippen LogP contribution in [0.15, 0.2) is 35.2 Å². The predicted molar refractivity (Wildman–Crippen MR) is 53.8 cm³/mol. The molecule has 0 N–H and O–H groups in total. The molecule has 0 spiro atoms. The van der Waals surface area contributed by atoms with E-state index >= 15 is 0 Å². The molecule has 2 rings (SSSR count). The van der Waals surface area contributed by atoms with Crippen molar-refractivity contribution in [3.63, 3.8) is 0 Å². The van der Waals surface area contributed by atoms with Crippen LogP contribution in [0.2, 0.25) is 0 Å². The summed E-state index contributed by atoms with van der Waals surface area (Å²) in [5, 5.41) is 0. The van der Waals surface area contributed by atoms with Gasteiger partial charge in [-0.1, -0.05) is 6.07 Å². The van der Waals surface area contributed by atoms with Crippen molar-refractivity contribution in [2.75, 3.05) is 0 Å². The Hall–Kier alpha value is -1.16. The Kier molecular flexibility index (Phi) is 2.14. The van der Waals surface area contributed by atoms with E-state index < -0.39 is 0 Å². The van der Waals surface area contributed by atoms with E-state index in [-0.39, 0.29) is 0 Å². The number of hydrogen-bond acceptors (Lipinski definition) is 2. The van der Waals surface area contributed by atoms with E-state index in [2.05, 4.69) is 25.9 Å². The predicted octanol–water partition coefficient (Wildman–Crippen LogP) is 2.34. The first-order valence-electron chi connectivity index (χ1n) is 3.90. The molecule has 0 saturated carbocycles. The van der Waals surface area contributed by atoms with E-state index in [0.29, 0.717) is 0 Å². The lowest BCUT2D eigenvalue weighted by molar-refractivity contribution is 0.927. The molecule has 0 aliphatic heterocycles. The third-order valence-corrected chi connectivity index (χ3v) is 2.21. The molecule has 3 nitrogen and oxygen atoms in total. The number of rotatable bonds is 1. The van der Waals surface area contributed by atoms with Crippen molar-refractivity contribution in [3.8, 4) is 5.82 Å². The molecular weight excluding hydrogens is 230 g/mol. The molecular formula is C9H8BrN3. The van der Waals surface area contributed by atoms with Crippen molar-refractivity contribution < 1.29 is 0 Å². The first-order chi connectivity index (χ1) is 6.27. The highest BCUT2D eigenvalue weighted by Gasteiger charge is 2.00. The third-order valence-electron chi connectivity index (χ3n) is 1.77. The van der Waals surface area contributed by atoms with Crippen molar-refractivity contribution in [3.05, 3.63) is 41.0 Å². The molecule has 0 amide bonds. The van der Waals surface area contributed by atoms with Gasteiger partial charge >= 0.3 is 0 Å². The van der Waals surface area contributed by atoms with Crippen molar-refractivity contribution in [1.82, 2.24) is 14.5 Å². The SMILES string of the molecule is Cc1nccn1-c1cccc(Br)n1. The fraction of sp³-hybridized carbons (Fsp3) is 0.111. The number of nitrogens with zero attached hydrogens (tertiary/aromatic N) is 3. The quantitative estimate of drug-likeness (QED) is 0.714. The van der Waals surface area contributed by atoms with Crippen LogP contribution >= 0.6 is 15.9 Å². The van der Waals surface area contributed by atoms with Crippen LogP contribution in [-0.2, 0) is 0 Å². The van der Waals surface area contributed by atoms with Crippen LogP contribution in [0.4, 0.5) is 0 Å². The summed E-state index contributed by atoms with van der Waals surface area (Å²) in [6, 6.07) is 5.79. The molecule has 4 heteroatoms. The fourth-order valence-corrected chi connectivity index (χ4v) is 1.49. The zero-order chi connectivity index (χ0) is 9.26. The highest BCUT2D eigenvalue weighted by atomic mass is 79.9. The van der Waals surface area contributed by atoms with Crippen LogP contribution in [0.25, 0.3) is 5.82 Å². The fourth-order valence-electron chi connectivity index (χ4n) is 1.15. The first kappa shape index (κ1) is 8.44. The minimum Gasteiger partial charge on any atom is -0.288 e. The third kappa shape index (κ3) is 1.62. The lowest BCUT2D eigenvalue weighted by Gasteiger charge is -2.02. The van der Waals surface area contributed by atoms with Gasteiger partial charge in [0.2, 0.25) is 0 Å². The molecule has 0 aromatic carbocycles. The highest BCUT2D eigenvalue weighted by Crippen LogP contribution is 2.11. The number of imidazole rings is 1. The smallest absolute Gasteiger partial charge is 0.139 e. The molecule has 0 fully saturated rings. The summed E-state index contributed by atoms with van der Waals surface area (Å²) in [5.74, 6) is 1.81. The maximum absolute atomic E-state index is 4.32. The van der Waals surface area contributed by atoms with Gasteiger partial charge in [0.15, 0.2) is 0 Å². The van der Waals surface area contributed by atoms with Gasteiger partial charge in [0.1, 0.15) is 16.2 Å². The Bertz CT molecular complexity index is 422. The standard InChI is InChI=1S/C9H8BrN3/c1-7-11-5-6-13(7)9-4-2-3-8(10)12-9/h2-6H,1H3. The molecule has 0 atom stereocenters. The molecule has 0 saturated heterocycles. The van der Waals surface area contributed by atoms with E-state index in [4.69, 9.17) is 0 Å². The minimum atomic E-state index is 0.832. The summed E-state index contributed by atoms with van der Waals surface area (Å²) in [6.45, 7) is 1.95. The van der Waals surface area contributed by atoms with Crippen LogP contribution in [-0.4, -0.2) is 14.5 Å². The Morgan fingerprint density at radius 3 is 2.85 bits per heavy atom. The number of halogens is 1. The van der Waals surface area contributed by atoms with Crippen LogP contribution < -0.4 is 0 Å². The number of hydrogen-bond donors (Lipinski definition) is 0. The molecule has 2 aromatic rings. The summed E-state index contributed by atoms with van der Waals surface area (Å²) >= 11 is 3.33. The van der Waals surface area contributed by atoms with Gasteiger partial charge in [0, 0.05) is 12.4 Å². The number of aryl methyl sites for hydroxylation is 1. The zero-order valence-electron chi connectivity index (χ0n) is 7.11. The average Bonchev–Trinajstić information content (AvgIpc) is 2.51. The van der Waals surface area contributed by atoms with E-state index in [1.165, 1.54) is 0 Å². The Balaban J connectivity index is 2.53. The van der Waals surface area contributed by atoms with Gasteiger partial charge in [0.05, 0.1) is 0 Å². The summed E-state index contributed by atoms with van der Waals surface area (Å²) in [6.07, 6.45) is 3.65. The minimum absolute atomic E-state index is 0.832. The second-order valence-corrected chi connectivity index (χ2v) is 3.48. The Labute approximate surface area is 84.6 Å². The summed E-state index contributed by atoms with van der Waals surface area (Å²) in [7, 11) is 0. The van der Waals surface area contributed by atoms with Gasteiger partial charge in [0.25, 0.3) is 0 Å². The lowest BCUT2D eigenvalue weighted by Crippen LogP contribution is -1.98. The molecule has 0 bridgehead atoms. The largest absolute Gasteiger partial charge is 0.288 e. The number of aromatic nitrogens is 3. The molecule has 0 radical (unpaired) electrons. The van der Waals surface area contributed by atoms with E-state index in [9.17, 15) is 0 Å². The number of pyridine rings is 1. The van der Waals surface area contributed by atoms with Gasteiger partial charge in [-0.25, -0.2) is 9.97 Å². The van der Waals surface area contributed by atoms with Crippen molar-refractivity contribution in [1.29, 1.82) is 0 Å². The van der Waals surface area contributed by atoms with Crippen LogP contribution in [0, 0.1) is 6.92 Å². The molecule has 0 unspecified atom stereocenters. The topological polar surface area (TPSA) is 30.7 Å². The van der Waals surface area contributed by atoms with Crippen LogP contribution in [0.3, 0.4) is 0 Å². The van der Waals surface area contributed by atoms with Crippen molar-refractivity contribution >= 4 is 15.9 Å². The normalized spacial score (nSPS) is 10.3. The van der Waals surface area contributed by atoms with Crippen molar-refractivity contribution in [2.24, 2.45) is 0 Å². The monoisotopic (exact) mass is 237 g/mol. The molecule has 2 heterocycles. The molecule has 13 heavy (non-hydrogen) atoms. The zero-order valence-corrected chi connectivity index (χ0v) is 8.69. The maximum Gasteiger partial charge on any atom is 0.139 e. The molecule has 0 aliphatic carbocycles.